The number of carbonyl (C=O) groups excluding carboxylic acids is 1. The Kier molecular flexibility index (Phi) is 6.95. The van der Waals surface area contributed by atoms with E-state index in [9.17, 15) is 13.6 Å². The summed E-state index contributed by atoms with van der Waals surface area (Å²) in [6.07, 6.45) is 0.506. The molecule has 0 bridgehead atoms. The predicted octanol–water partition coefficient (Wildman–Crippen LogP) is 2.99. The molecule has 0 amide bonds. The van der Waals surface area contributed by atoms with Gasteiger partial charge in [-0.15, -0.1) is 11.8 Å². The van der Waals surface area contributed by atoms with Crippen LogP contribution in [0.25, 0.3) is 0 Å². The van der Waals surface area contributed by atoms with Gasteiger partial charge >= 0.3 is 5.97 Å². The van der Waals surface area contributed by atoms with E-state index in [4.69, 9.17) is 4.74 Å². The van der Waals surface area contributed by atoms with Gasteiger partial charge in [0.1, 0.15) is 17.7 Å². The number of esters is 1. The Balaban J connectivity index is 2.53. The summed E-state index contributed by atoms with van der Waals surface area (Å²) in [5.74, 6) is -0.983. The van der Waals surface area contributed by atoms with Crippen molar-refractivity contribution in [2.24, 2.45) is 0 Å². The van der Waals surface area contributed by atoms with Crippen LogP contribution in [0.4, 0.5) is 8.78 Å². The van der Waals surface area contributed by atoms with Gasteiger partial charge in [0, 0.05) is 22.8 Å². The summed E-state index contributed by atoms with van der Waals surface area (Å²) in [5, 5.41) is 3.10. The van der Waals surface area contributed by atoms with E-state index >= 15 is 0 Å². The molecule has 1 unspecified atom stereocenters. The Morgan fingerprint density at radius 3 is 2.65 bits per heavy atom. The molecule has 0 saturated heterocycles. The molecule has 20 heavy (non-hydrogen) atoms. The molecule has 3 nitrogen and oxygen atoms in total. The zero-order valence-corrected chi connectivity index (χ0v) is 12.6. The van der Waals surface area contributed by atoms with Crippen LogP contribution in [0.3, 0.4) is 0 Å². The average Bonchev–Trinajstić information content (AvgIpc) is 2.38. The number of hydrogen-bond donors (Lipinski definition) is 1. The molecule has 0 heterocycles. The van der Waals surface area contributed by atoms with Gasteiger partial charge in [-0.1, -0.05) is 13.8 Å². The van der Waals surface area contributed by atoms with Crippen molar-refractivity contribution in [2.75, 3.05) is 12.9 Å². The molecule has 0 saturated carbocycles. The predicted molar refractivity (Wildman–Crippen MR) is 75.8 cm³/mol. The van der Waals surface area contributed by atoms with Crippen molar-refractivity contribution in [1.29, 1.82) is 0 Å². The highest BCUT2D eigenvalue weighted by Gasteiger charge is 2.19. The number of ether oxygens (including phenoxy) is 1. The fraction of sp³-hybridized carbons (Fsp3) is 0.500. The highest BCUT2D eigenvalue weighted by molar-refractivity contribution is 7.99. The molecule has 0 aliphatic rings. The van der Waals surface area contributed by atoms with Crippen LogP contribution in [0.2, 0.25) is 0 Å². The molecule has 1 aromatic carbocycles. The summed E-state index contributed by atoms with van der Waals surface area (Å²) in [6.45, 7) is 3.87. The Hall–Kier alpha value is -1.14. The highest BCUT2D eigenvalue weighted by Crippen LogP contribution is 2.23. The van der Waals surface area contributed by atoms with E-state index < -0.39 is 17.7 Å². The number of nitrogens with one attached hydrogen (secondary N) is 1. The maximum atomic E-state index is 13.4. The molecule has 0 fully saturated rings. The third kappa shape index (κ3) is 5.46. The fourth-order valence-electron chi connectivity index (χ4n) is 1.69. The molecule has 1 N–H and O–H groups in total. The van der Waals surface area contributed by atoms with E-state index in [1.54, 1.807) is 0 Å². The molecule has 0 radical (unpaired) electrons. The van der Waals surface area contributed by atoms with Crippen LogP contribution in [-0.2, 0) is 9.53 Å². The Morgan fingerprint density at radius 2 is 2.10 bits per heavy atom. The van der Waals surface area contributed by atoms with Gasteiger partial charge < -0.3 is 10.1 Å². The number of benzene rings is 1. The number of thioether (sulfide) groups is 1. The van der Waals surface area contributed by atoms with Crippen molar-refractivity contribution in [3.8, 4) is 0 Å². The summed E-state index contributed by atoms with van der Waals surface area (Å²) >= 11 is 1.25. The molecule has 1 aromatic rings. The first kappa shape index (κ1) is 16.9. The molecular formula is C14H19F2NO2S. The largest absolute Gasteiger partial charge is 0.468 e. The lowest BCUT2D eigenvalue weighted by Crippen LogP contribution is -2.41. The molecule has 0 spiro atoms. The lowest BCUT2D eigenvalue weighted by atomic mass is 10.2. The quantitative estimate of drug-likeness (QED) is 0.621. The van der Waals surface area contributed by atoms with E-state index in [2.05, 4.69) is 5.32 Å². The first-order valence-corrected chi connectivity index (χ1v) is 7.34. The second-order valence-electron chi connectivity index (χ2n) is 4.61. The summed E-state index contributed by atoms with van der Waals surface area (Å²) in [7, 11) is 1.34. The number of rotatable bonds is 7. The van der Waals surface area contributed by atoms with E-state index in [-0.39, 0.29) is 12.0 Å². The van der Waals surface area contributed by atoms with Crippen LogP contribution < -0.4 is 5.32 Å². The standard InChI is InChI=1S/C14H19F2NO2S/c1-9(2)17-12(14(18)19-3)6-7-20-13-5-4-10(15)8-11(13)16/h4-5,8-9,12,17H,6-7H2,1-3H3. The smallest absolute Gasteiger partial charge is 0.322 e. The minimum Gasteiger partial charge on any atom is -0.468 e. The van der Waals surface area contributed by atoms with Crippen LogP contribution >= 0.6 is 11.8 Å². The third-order valence-electron chi connectivity index (χ3n) is 2.58. The lowest BCUT2D eigenvalue weighted by molar-refractivity contribution is -0.143. The van der Waals surface area contributed by atoms with E-state index in [0.29, 0.717) is 17.1 Å². The average molecular weight is 303 g/mol. The minimum absolute atomic E-state index is 0.145. The third-order valence-corrected chi connectivity index (χ3v) is 3.66. The second-order valence-corrected chi connectivity index (χ2v) is 5.75. The van der Waals surface area contributed by atoms with Crippen molar-refractivity contribution in [3.05, 3.63) is 29.8 Å². The lowest BCUT2D eigenvalue weighted by Gasteiger charge is -2.18. The van der Waals surface area contributed by atoms with E-state index in [0.717, 1.165) is 6.07 Å². The van der Waals surface area contributed by atoms with Gasteiger partial charge in [0.2, 0.25) is 0 Å². The normalized spacial score (nSPS) is 12.5. The maximum absolute atomic E-state index is 13.4. The molecule has 6 heteroatoms. The van der Waals surface area contributed by atoms with E-state index in [1.165, 1.54) is 31.0 Å². The van der Waals surface area contributed by atoms with Crippen LogP contribution in [0.5, 0.6) is 0 Å². The minimum atomic E-state index is -0.597. The zero-order chi connectivity index (χ0) is 15.1. The number of methoxy groups -OCH3 is 1. The highest BCUT2D eigenvalue weighted by atomic mass is 32.2. The van der Waals surface area contributed by atoms with Crippen molar-refractivity contribution in [1.82, 2.24) is 5.32 Å². The molecule has 1 atom stereocenters. The van der Waals surface area contributed by atoms with Gasteiger partial charge in [-0.2, -0.15) is 0 Å². The van der Waals surface area contributed by atoms with Crippen LogP contribution in [0, 0.1) is 11.6 Å². The summed E-state index contributed by atoms with van der Waals surface area (Å²) in [4.78, 5) is 12.0. The molecule has 0 aromatic heterocycles. The maximum Gasteiger partial charge on any atom is 0.322 e. The Bertz CT molecular complexity index is 455. The SMILES string of the molecule is COC(=O)C(CCSc1ccc(F)cc1F)NC(C)C. The molecule has 0 aliphatic heterocycles. The molecule has 1 rings (SSSR count). The zero-order valence-electron chi connectivity index (χ0n) is 11.8. The summed E-state index contributed by atoms with van der Waals surface area (Å²) in [6, 6.07) is 3.20. The summed E-state index contributed by atoms with van der Waals surface area (Å²) < 4.78 is 30.9. The molecule has 112 valence electrons. The van der Waals surface area contributed by atoms with Gasteiger partial charge in [-0.25, -0.2) is 8.78 Å². The number of hydrogen-bond acceptors (Lipinski definition) is 4. The van der Waals surface area contributed by atoms with E-state index in [1.807, 2.05) is 13.8 Å². The second kappa shape index (κ2) is 8.21. The van der Waals surface area contributed by atoms with Gasteiger partial charge in [-0.3, -0.25) is 4.79 Å². The topological polar surface area (TPSA) is 38.3 Å². The van der Waals surface area contributed by atoms with Crippen molar-refractivity contribution < 1.29 is 18.3 Å². The van der Waals surface area contributed by atoms with Crippen LogP contribution in [-0.4, -0.2) is 30.9 Å². The fourth-order valence-corrected chi connectivity index (χ4v) is 2.63. The Morgan fingerprint density at radius 1 is 1.40 bits per heavy atom. The monoisotopic (exact) mass is 303 g/mol. The number of halogens is 2. The molecular weight excluding hydrogens is 284 g/mol. The summed E-state index contributed by atoms with van der Waals surface area (Å²) in [5.41, 5.74) is 0. The van der Waals surface area contributed by atoms with Gasteiger partial charge in [-0.05, 0) is 18.6 Å². The van der Waals surface area contributed by atoms with Crippen LogP contribution in [0.1, 0.15) is 20.3 Å². The molecule has 0 aliphatic carbocycles. The van der Waals surface area contributed by atoms with Gasteiger partial charge in [0.25, 0.3) is 0 Å². The first-order chi connectivity index (χ1) is 9.43. The Labute approximate surface area is 122 Å². The van der Waals surface area contributed by atoms with Crippen LogP contribution in [0.15, 0.2) is 23.1 Å². The van der Waals surface area contributed by atoms with Gasteiger partial charge in [0.05, 0.1) is 7.11 Å². The van der Waals surface area contributed by atoms with Gasteiger partial charge in [0.15, 0.2) is 0 Å². The van der Waals surface area contributed by atoms with Crippen molar-refractivity contribution in [2.45, 2.75) is 37.2 Å². The van der Waals surface area contributed by atoms with Crippen molar-refractivity contribution >= 4 is 17.7 Å². The first-order valence-electron chi connectivity index (χ1n) is 6.35. The van der Waals surface area contributed by atoms with Crippen molar-refractivity contribution in [3.63, 3.8) is 0 Å². The number of carbonyl (C=O) groups is 1.